The lowest BCUT2D eigenvalue weighted by atomic mass is 10.2. The largest absolute Gasteiger partial charge is 0.368 e. The standard InChI is InChI=1S/C22H24FN5/c1-26(17-18-5-3-2-4-6-18)22-24-12-11-21(25-22)28-15-13-27(14-16-28)20-9-7-19(23)8-10-20/h2-12H,13-17H2,1H3. The van der Waals surface area contributed by atoms with E-state index in [1.807, 2.05) is 49.6 Å². The number of hydrogen-bond donors (Lipinski definition) is 0. The average Bonchev–Trinajstić information content (AvgIpc) is 2.75. The van der Waals surface area contributed by atoms with Gasteiger partial charge in [0.1, 0.15) is 11.6 Å². The Kier molecular flexibility index (Phi) is 5.37. The van der Waals surface area contributed by atoms with Gasteiger partial charge < -0.3 is 14.7 Å². The molecule has 3 aromatic rings. The quantitative estimate of drug-likeness (QED) is 0.679. The zero-order chi connectivity index (χ0) is 19.3. The molecule has 0 spiro atoms. The zero-order valence-electron chi connectivity index (χ0n) is 16.0. The van der Waals surface area contributed by atoms with E-state index in [9.17, 15) is 4.39 Å². The Morgan fingerprint density at radius 2 is 1.57 bits per heavy atom. The van der Waals surface area contributed by atoms with Gasteiger partial charge in [-0.15, -0.1) is 0 Å². The third-order valence-corrected chi connectivity index (χ3v) is 5.03. The highest BCUT2D eigenvalue weighted by molar-refractivity contribution is 5.50. The molecule has 0 aliphatic carbocycles. The summed E-state index contributed by atoms with van der Waals surface area (Å²) in [6.45, 7) is 4.27. The van der Waals surface area contributed by atoms with Crippen LogP contribution in [0, 0.1) is 5.82 Å². The van der Waals surface area contributed by atoms with E-state index in [1.54, 1.807) is 0 Å². The van der Waals surface area contributed by atoms with E-state index in [2.05, 4.69) is 31.8 Å². The van der Waals surface area contributed by atoms with Crippen LogP contribution in [0.25, 0.3) is 0 Å². The minimum atomic E-state index is -0.199. The molecule has 0 bridgehead atoms. The van der Waals surface area contributed by atoms with Crippen LogP contribution in [0.15, 0.2) is 66.9 Å². The Hall–Kier alpha value is -3.15. The van der Waals surface area contributed by atoms with Crippen LogP contribution in [0.4, 0.5) is 21.8 Å². The molecule has 4 rings (SSSR count). The van der Waals surface area contributed by atoms with Crippen molar-refractivity contribution in [3.63, 3.8) is 0 Å². The van der Waals surface area contributed by atoms with Gasteiger partial charge in [0.05, 0.1) is 0 Å². The van der Waals surface area contributed by atoms with Gasteiger partial charge in [0.15, 0.2) is 0 Å². The average molecular weight is 377 g/mol. The highest BCUT2D eigenvalue weighted by Crippen LogP contribution is 2.21. The number of rotatable bonds is 5. The topological polar surface area (TPSA) is 35.5 Å². The number of aromatic nitrogens is 2. The third-order valence-electron chi connectivity index (χ3n) is 5.03. The van der Waals surface area contributed by atoms with Crippen LogP contribution in [0.3, 0.4) is 0 Å². The molecule has 0 atom stereocenters. The second kappa shape index (κ2) is 8.25. The molecule has 0 unspecified atom stereocenters. The minimum absolute atomic E-state index is 0.199. The normalized spacial score (nSPS) is 14.2. The van der Waals surface area contributed by atoms with Crippen LogP contribution in [-0.4, -0.2) is 43.2 Å². The van der Waals surface area contributed by atoms with Crippen molar-refractivity contribution < 1.29 is 4.39 Å². The smallest absolute Gasteiger partial charge is 0.227 e. The molecule has 0 radical (unpaired) electrons. The van der Waals surface area contributed by atoms with Crippen LogP contribution in [0.2, 0.25) is 0 Å². The second-order valence-corrected chi connectivity index (χ2v) is 7.01. The van der Waals surface area contributed by atoms with E-state index in [-0.39, 0.29) is 5.82 Å². The summed E-state index contributed by atoms with van der Waals surface area (Å²) in [4.78, 5) is 15.8. The van der Waals surface area contributed by atoms with Crippen LogP contribution < -0.4 is 14.7 Å². The first-order valence-electron chi connectivity index (χ1n) is 9.52. The fraction of sp³-hybridized carbons (Fsp3) is 0.273. The summed E-state index contributed by atoms with van der Waals surface area (Å²) >= 11 is 0. The first-order valence-corrected chi connectivity index (χ1v) is 9.52. The molecule has 6 heteroatoms. The van der Waals surface area contributed by atoms with Gasteiger partial charge in [-0.1, -0.05) is 30.3 Å². The number of anilines is 3. The fourth-order valence-corrected chi connectivity index (χ4v) is 3.47. The van der Waals surface area contributed by atoms with Crippen LogP contribution in [0.1, 0.15) is 5.56 Å². The number of benzene rings is 2. The van der Waals surface area contributed by atoms with Crippen molar-refractivity contribution in [2.45, 2.75) is 6.54 Å². The Bertz CT molecular complexity index is 892. The molecule has 5 nitrogen and oxygen atoms in total. The molecule has 1 fully saturated rings. The van der Waals surface area contributed by atoms with Crippen molar-refractivity contribution in [1.29, 1.82) is 0 Å². The van der Waals surface area contributed by atoms with Crippen LogP contribution in [-0.2, 0) is 6.54 Å². The first-order chi connectivity index (χ1) is 13.7. The summed E-state index contributed by atoms with van der Waals surface area (Å²) in [5.41, 5.74) is 2.29. The molecule has 1 saturated heterocycles. The second-order valence-electron chi connectivity index (χ2n) is 7.01. The molecular formula is C22H24FN5. The number of hydrogen-bond acceptors (Lipinski definition) is 5. The van der Waals surface area contributed by atoms with Crippen molar-refractivity contribution in [1.82, 2.24) is 9.97 Å². The fourth-order valence-electron chi connectivity index (χ4n) is 3.47. The summed E-state index contributed by atoms with van der Waals surface area (Å²) in [5.74, 6) is 1.47. The van der Waals surface area contributed by atoms with E-state index in [4.69, 9.17) is 4.98 Å². The monoisotopic (exact) mass is 377 g/mol. The molecule has 1 aliphatic rings. The molecule has 0 N–H and O–H groups in total. The van der Waals surface area contributed by atoms with Gasteiger partial charge >= 0.3 is 0 Å². The summed E-state index contributed by atoms with van der Waals surface area (Å²) in [7, 11) is 2.01. The van der Waals surface area contributed by atoms with E-state index in [0.717, 1.165) is 50.2 Å². The highest BCUT2D eigenvalue weighted by atomic mass is 19.1. The van der Waals surface area contributed by atoms with Crippen LogP contribution >= 0.6 is 0 Å². The van der Waals surface area contributed by atoms with Crippen molar-refractivity contribution in [2.24, 2.45) is 0 Å². The minimum Gasteiger partial charge on any atom is -0.368 e. The maximum Gasteiger partial charge on any atom is 0.227 e. The molecule has 28 heavy (non-hydrogen) atoms. The Morgan fingerprint density at radius 1 is 0.893 bits per heavy atom. The molecule has 1 aliphatic heterocycles. The highest BCUT2D eigenvalue weighted by Gasteiger charge is 2.19. The maximum atomic E-state index is 13.1. The van der Waals surface area contributed by atoms with Crippen molar-refractivity contribution >= 4 is 17.5 Å². The first kappa shape index (κ1) is 18.2. The number of halogens is 1. The third kappa shape index (κ3) is 4.22. The molecule has 144 valence electrons. The van der Waals surface area contributed by atoms with E-state index in [0.29, 0.717) is 0 Å². The SMILES string of the molecule is CN(Cc1ccccc1)c1nccc(N2CCN(c3ccc(F)cc3)CC2)n1. The van der Waals surface area contributed by atoms with Gasteiger partial charge in [0.2, 0.25) is 5.95 Å². The molecule has 0 saturated carbocycles. The van der Waals surface area contributed by atoms with E-state index in [1.165, 1.54) is 17.7 Å². The summed E-state index contributed by atoms with van der Waals surface area (Å²) < 4.78 is 13.1. The number of nitrogens with zero attached hydrogens (tertiary/aromatic N) is 5. The predicted octanol–water partition coefficient (Wildman–Crippen LogP) is 3.58. The maximum absolute atomic E-state index is 13.1. The van der Waals surface area contributed by atoms with Gasteiger partial charge in [-0.05, 0) is 35.9 Å². The zero-order valence-corrected chi connectivity index (χ0v) is 16.0. The van der Waals surface area contributed by atoms with Crippen molar-refractivity contribution in [3.8, 4) is 0 Å². The molecule has 2 aromatic carbocycles. The predicted molar refractivity (Wildman–Crippen MR) is 111 cm³/mol. The lowest BCUT2D eigenvalue weighted by molar-refractivity contribution is 0.624. The van der Waals surface area contributed by atoms with Gasteiger partial charge in [-0.3, -0.25) is 0 Å². The van der Waals surface area contributed by atoms with Gasteiger partial charge in [0, 0.05) is 51.7 Å². The van der Waals surface area contributed by atoms with Gasteiger partial charge in [-0.25, -0.2) is 9.37 Å². The molecule has 0 amide bonds. The molecule has 1 aromatic heterocycles. The van der Waals surface area contributed by atoms with Crippen LogP contribution in [0.5, 0.6) is 0 Å². The summed E-state index contributed by atoms with van der Waals surface area (Å²) in [5, 5.41) is 0. The lowest BCUT2D eigenvalue weighted by Crippen LogP contribution is -2.46. The Balaban J connectivity index is 1.40. The molecular weight excluding hydrogens is 353 g/mol. The van der Waals surface area contributed by atoms with Gasteiger partial charge in [0.25, 0.3) is 0 Å². The Morgan fingerprint density at radius 3 is 2.29 bits per heavy atom. The van der Waals surface area contributed by atoms with E-state index >= 15 is 0 Å². The van der Waals surface area contributed by atoms with Crippen molar-refractivity contribution in [3.05, 3.63) is 78.2 Å². The van der Waals surface area contributed by atoms with Crippen molar-refractivity contribution in [2.75, 3.05) is 47.9 Å². The summed E-state index contributed by atoms with van der Waals surface area (Å²) in [6, 6.07) is 19.0. The van der Waals surface area contributed by atoms with E-state index < -0.39 is 0 Å². The molecule has 2 heterocycles. The summed E-state index contributed by atoms with van der Waals surface area (Å²) in [6.07, 6.45) is 1.82. The number of piperazine rings is 1. The Labute approximate surface area is 165 Å². The van der Waals surface area contributed by atoms with Gasteiger partial charge in [-0.2, -0.15) is 4.98 Å². The lowest BCUT2D eigenvalue weighted by Gasteiger charge is -2.36.